The Kier molecular flexibility index (Phi) is 2.89. The molecule has 3 heterocycles. The van der Waals surface area contributed by atoms with Crippen LogP contribution < -0.4 is 5.56 Å². The van der Waals surface area contributed by atoms with Gasteiger partial charge in [-0.25, -0.2) is 14.5 Å². The zero-order valence-electron chi connectivity index (χ0n) is 12.8. The zero-order chi connectivity index (χ0) is 17.0. The minimum absolute atomic E-state index is 0.211. The van der Waals surface area contributed by atoms with Crippen molar-refractivity contribution >= 4 is 39.3 Å². The van der Waals surface area contributed by atoms with E-state index < -0.39 is 0 Å². The lowest BCUT2D eigenvalue weighted by atomic mass is 10.2. The second-order valence-corrected chi connectivity index (χ2v) is 6.12. The van der Waals surface area contributed by atoms with Crippen LogP contribution in [0.3, 0.4) is 0 Å². The van der Waals surface area contributed by atoms with E-state index in [1.807, 2.05) is 36.4 Å². The Morgan fingerprint density at radius 2 is 1.84 bits per heavy atom. The Labute approximate surface area is 145 Å². The molecule has 0 spiro atoms. The van der Waals surface area contributed by atoms with Crippen molar-refractivity contribution in [3.05, 3.63) is 70.0 Å². The number of aromatic nitrogens is 5. The predicted octanol–water partition coefficient (Wildman–Crippen LogP) is 3.44. The Morgan fingerprint density at radius 1 is 1.00 bits per heavy atom. The molecule has 6 nitrogen and oxygen atoms in total. The van der Waals surface area contributed by atoms with Gasteiger partial charge < -0.3 is 0 Å². The van der Waals surface area contributed by atoms with Gasteiger partial charge >= 0.3 is 0 Å². The second kappa shape index (κ2) is 5.12. The lowest BCUT2D eigenvalue weighted by Gasteiger charge is -2.03. The molecule has 5 rings (SSSR count). The molecule has 25 heavy (non-hydrogen) atoms. The number of nitrogens with zero attached hydrogens (tertiary/aromatic N) is 4. The fourth-order valence-corrected chi connectivity index (χ4v) is 3.11. The van der Waals surface area contributed by atoms with Crippen molar-refractivity contribution < 1.29 is 0 Å². The number of H-pyrrole nitrogens is 1. The van der Waals surface area contributed by atoms with E-state index in [-0.39, 0.29) is 5.56 Å². The van der Waals surface area contributed by atoms with Gasteiger partial charge in [-0.1, -0.05) is 48.0 Å². The van der Waals surface area contributed by atoms with Crippen LogP contribution in [-0.2, 0) is 0 Å². The van der Waals surface area contributed by atoms with Crippen LogP contribution in [0.4, 0.5) is 0 Å². The second-order valence-electron chi connectivity index (χ2n) is 5.69. The van der Waals surface area contributed by atoms with Crippen LogP contribution >= 0.6 is 11.6 Å². The van der Waals surface area contributed by atoms with Crippen molar-refractivity contribution in [2.24, 2.45) is 0 Å². The molecule has 0 aliphatic rings. The van der Waals surface area contributed by atoms with E-state index in [0.717, 1.165) is 10.9 Å². The highest BCUT2D eigenvalue weighted by Crippen LogP contribution is 2.22. The maximum absolute atomic E-state index is 13.1. The zero-order valence-corrected chi connectivity index (χ0v) is 13.5. The third-order valence-electron chi connectivity index (χ3n) is 4.12. The van der Waals surface area contributed by atoms with Gasteiger partial charge in [-0.05, 0) is 18.2 Å². The summed E-state index contributed by atoms with van der Waals surface area (Å²) in [6, 6.07) is 16.7. The summed E-state index contributed by atoms with van der Waals surface area (Å²) in [6.07, 6.45) is 0. The molecule has 0 fully saturated rings. The normalized spacial score (nSPS) is 11.6. The molecule has 0 amide bonds. The van der Waals surface area contributed by atoms with Crippen LogP contribution in [0.2, 0.25) is 5.02 Å². The summed E-state index contributed by atoms with van der Waals surface area (Å²) in [5, 5.41) is 8.93. The van der Waals surface area contributed by atoms with Crippen molar-refractivity contribution in [2.75, 3.05) is 0 Å². The molecular formula is C18H10ClN5O. The molecule has 5 aromatic rings. The molecular weight excluding hydrogens is 338 g/mol. The van der Waals surface area contributed by atoms with Gasteiger partial charge in [0.05, 0.1) is 10.9 Å². The first-order valence-electron chi connectivity index (χ1n) is 7.63. The Balaban J connectivity index is 1.90. The summed E-state index contributed by atoms with van der Waals surface area (Å²) in [7, 11) is 0. The van der Waals surface area contributed by atoms with E-state index in [1.54, 1.807) is 18.2 Å². The van der Waals surface area contributed by atoms with Gasteiger partial charge in [0.1, 0.15) is 0 Å². The molecule has 3 aromatic heterocycles. The monoisotopic (exact) mass is 347 g/mol. The molecule has 0 unspecified atom stereocenters. The third-order valence-corrected chi connectivity index (χ3v) is 4.36. The van der Waals surface area contributed by atoms with Crippen molar-refractivity contribution in [3.8, 4) is 11.4 Å². The molecule has 1 N–H and O–H groups in total. The quantitative estimate of drug-likeness (QED) is 0.471. The predicted molar refractivity (Wildman–Crippen MR) is 96.9 cm³/mol. The van der Waals surface area contributed by atoms with Crippen molar-refractivity contribution in [1.82, 2.24) is 24.6 Å². The van der Waals surface area contributed by atoms with Crippen LogP contribution in [0, 0.1) is 0 Å². The van der Waals surface area contributed by atoms with E-state index in [1.165, 1.54) is 4.40 Å². The summed E-state index contributed by atoms with van der Waals surface area (Å²) in [6.45, 7) is 0. The number of benzene rings is 2. The van der Waals surface area contributed by atoms with Crippen LogP contribution in [-0.4, -0.2) is 24.6 Å². The SMILES string of the molecule is O=c1c2cc3ccc(Cl)cc3nc2nc2[nH]nc(-c3ccccc3)n12. The van der Waals surface area contributed by atoms with Gasteiger partial charge in [0.2, 0.25) is 5.78 Å². The number of nitrogens with one attached hydrogen (secondary N) is 1. The number of pyridine rings is 1. The minimum Gasteiger partial charge on any atom is -0.268 e. The molecule has 0 radical (unpaired) electrons. The van der Waals surface area contributed by atoms with Crippen LogP contribution in [0.25, 0.3) is 39.1 Å². The highest BCUT2D eigenvalue weighted by Gasteiger charge is 2.15. The number of fused-ring (bicyclic) bond motifs is 3. The number of hydrogen-bond acceptors (Lipinski definition) is 4. The van der Waals surface area contributed by atoms with E-state index >= 15 is 0 Å². The van der Waals surface area contributed by atoms with E-state index in [9.17, 15) is 4.79 Å². The van der Waals surface area contributed by atoms with E-state index in [0.29, 0.717) is 33.2 Å². The first-order valence-corrected chi connectivity index (χ1v) is 8.01. The smallest absolute Gasteiger partial charge is 0.268 e. The lowest BCUT2D eigenvalue weighted by Crippen LogP contribution is -2.16. The molecule has 0 aliphatic heterocycles. The standard InChI is InChI=1S/C18H10ClN5O/c19-12-7-6-11-8-13-15(20-14(11)9-12)21-18-23-22-16(24(18)17(13)25)10-4-2-1-3-5-10/h1-9H,(H,20,21,23). The Morgan fingerprint density at radius 3 is 2.68 bits per heavy atom. The van der Waals surface area contributed by atoms with Gasteiger partial charge in [0.25, 0.3) is 5.56 Å². The largest absolute Gasteiger partial charge is 0.270 e. The number of halogens is 1. The molecule has 7 heteroatoms. The Bertz CT molecular complexity index is 1320. The topological polar surface area (TPSA) is 75.9 Å². The third kappa shape index (κ3) is 2.11. The molecule has 2 aromatic carbocycles. The number of aromatic amines is 1. The van der Waals surface area contributed by atoms with Gasteiger partial charge in [0.15, 0.2) is 11.5 Å². The average molecular weight is 348 g/mol. The maximum atomic E-state index is 13.1. The maximum Gasteiger partial charge on any atom is 0.270 e. The molecule has 0 saturated heterocycles. The fraction of sp³-hybridized carbons (Fsp3) is 0. The van der Waals surface area contributed by atoms with Crippen molar-refractivity contribution in [3.63, 3.8) is 0 Å². The highest BCUT2D eigenvalue weighted by molar-refractivity contribution is 6.31. The van der Waals surface area contributed by atoms with E-state index in [2.05, 4.69) is 20.2 Å². The molecule has 0 atom stereocenters. The van der Waals surface area contributed by atoms with Crippen LogP contribution in [0.1, 0.15) is 0 Å². The van der Waals surface area contributed by atoms with Crippen LogP contribution in [0.15, 0.2) is 59.4 Å². The highest BCUT2D eigenvalue weighted by atomic mass is 35.5. The Hall–Kier alpha value is -3.25. The van der Waals surface area contributed by atoms with Gasteiger partial charge in [-0.15, -0.1) is 0 Å². The number of hydrogen-bond donors (Lipinski definition) is 1. The molecule has 0 bridgehead atoms. The summed E-state index contributed by atoms with van der Waals surface area (Å²) in [5.41, 5.74) is 1.68. The summed E-state index contributed by atoms with van der Waals surface area (Å²) >= 11 is 6.02. The molecule has 120 valence electrons. The van der Waals surface area contributed by atoms with Gasteiger partial charge in [-0.3, -0.25) is 4.79 Å². The van der Waals surface area contributed by atoms with Crippen molar-refractivity contribution in [2.45, 2.75) is 0 Å². The molecule has 0 aliphatic carbocycles. The lowest BCUT2D eigenvalue weighted by molar-refractivity contribution is 1.09. The molecule has 0 saturated carbocycles. The fourth-order valence-electron chi connectivity index (χ4n) is 2.94. The summed E-state index contributed by atoms with van der Waals surface area (Å²) in [5.74, 6) is 0.872. The summed E-state index contributed by atoms with van der Waals surface area (Å²) in [4.78, 5) is 22.0. The van der Waals surface area contributed by atoms with Gasteiger partial charge in [0, 0.05) is 16.0 Å². The van der Waals surface area contributed by atoms with E-state index in [4.69, 9.17) is 11.6 Å². The van der Waals surface area contributed by atoms with Crippen LogP contribution in [0.5, 0.6) is 0 Å². The summed E-state index contributed by atoms with van der Waals surface area (Å²) < 4.78 is 1.47. The van der Waals surface area contributed by atoms with Gasteiger partial charge in [-0.2, -0.15) is 10.1 Å². The average Bonchev–Trinajstić information content (AvgIpc) is 3.05. The van der Waals surface area contributed by atoms with Crippen molar-refractivity contribution in [1.29, 1.82) is 0 Å². The number of rotatable bonds is 1. The minimum atomic E-state index is -0.211. The first-order chi connectivity index (χ1) is 12.2. The first kappa shape index (κ1) is 14.1.